The number of fused-ring (bicyclic) bond motifs is 1. The monoisotopic (exact) mass is 392 g/mol. The summed E-state index contributed by atoms with van der Waals surface area (Å²) in [6.45, 7) is 13.9. The van der Waals surface area contributed by atoms with Crippen LogP contribution in [0.4, 0.5) is 13.2 Å². The molecule has 0 fully saturated rings. The summed E-state index contributed by atoms with van der Waals surface area (Å²) >= 11 is 0. The predicted molar refractivity (Wildman–Crippen MR) is 104 cm³/mol. The third kappa shape index (κ3) is 4.17. The topological polar surface area (TPSA) is 25.4 Å². The number of nitrogens with zero attached hydrogens (tertiary/aromatic N) is 2. The van der Waals surface area contributed by atoms with Gasteiger partial charge in [0.05, 0.1) is 0 Å². The number of halogens is 3. The van der Waals surface area contributed by atoms with E-state index in [2.05, 4.69) is 57.5 Å². The Bertz CT molecular complexity index is 860. The van der Waals surface area contributed by atoms with Crippen LogP contribution in [0.15, 0.2) is 30.5 Å². The molecule has 0 radical (unpaired) electrons. The van der Waals surface area contributed by atoms with Crippen molar-refractivity contribution in [1.29, 1.82) is 0 Å². The van der Waals surface area contributed by atoms with Crippen molar-refractivity contribution in [3.63, 3.8) is 0 Å². The average molecular weight is 392 g/mol. The zero-order valence-corrected chi connectivity index (χ0v) is 17.2. The highest BCUT2D eigenvalue weighted by atomic mass is 19.4. The van der Waals surface area contributed by atoms with Gasteiger partial charge in [-0.15, -0.1) is 0 Å². The van der Waals surface area contributed by atoms with Crippen LogP contribution in [0.2, 0.25) is 0 Å². The van der Waals surface area contributed by atoms with Gasteiger partial charge in [0.1, 0.15) is 18.2 Å². The minimum Gasteiger partial charge on any atom is -0.477 e. The van der Waals surface area contributed by atoms with E-state index in [0.29, 0.717) is 12.3 Å². The van der Waals surface area contributed by atoms with Crippen LogP contribution in [-0.4, -0.2) is 22.2 Å². The SMILES string of the molecule is CC(C)(C)c1cc2c(c(-c3ccc(C(F)(F)F)nc3)c1)OCN(C(C)(C)C)C2. The summed E-state index contributed by atoms with van der Waals surface area (Å²) in [5, 5.41) is 0. The molecule has 2 heterocycles. The van der Waals surface area contributed by atoms with Crippen LogP contribution in [0.3, 0.4) is 0 Å². The Morgan fingerprint density at radius 1 is 1.00 bits per heavy atom. The lowest BCUT2D eigenvalue weighted by atomic mass is 9.83. The summed E-state index contributed by atoms with van der Waals surface area (Å²) in [6.07, 6.45) is -3.17. The van der Waals surface area contributed by atoms with Gasteiger partial charge in [0.25, 0.3) is 0 Å². The largest absolute Gasteiger partial charge is 0.477 e. The maximum atomic E-state index is 12.9. The van der Waals surface area contributed by atoms with Crippen LogP contribution in [0.5, 0.6) is 5.75 Å². The van der Waals surface area contributed by atoms with Gasteiger partial charge in [0.2, 0.25) is 0 Å². The van der Waals surface area contributed by atoms with Gasteiger partial charge >= 0.3 is 6.18 Å². The highest BCUT2D eigenvalue weighted by Gasteiger charge is 2.33. The molecule has 0 amide bonds. The molecule has 0 unspecified atom stereocenters. The minimum atomic E-state index is -4.45. The van der Waals surface area contributed by atoms with Crippen molar-refractivity contribution in [3.05, 3.63) is 47.3 Å². The van der Waals surface area contributed by atoms with Gasteiger partial charge in [-0.1, -0.05) is 32.9 Å². The molecule has 0 aliphatic carbocycles. The molecular formula is C22H27F3N2O. The van der Waals surface area contributed by atoms with E-state index < -0.39 is 11.9 Å². The Labute approximate surface area is 164 Å². The van der Waals surface area contributed by atoms with Crippen molar-refractivity contribution in [2.24, 2.45) is 0 Å². The van der Waals surface area contributed by atoms with Gasteiger partial charge in [-0.25, -0.2) is 0 Å². The fourth-order valence-electron chi connectivity index (χ4n) is 3.17. The Morgan fingerprint density at radius 3 is 2.18 bits per heavy atom. The maximum Gasteiger partial charge on any atom is 0.433 e. The van der Waals surface area contributed by atoms with E-state index in [0.717, 1.165) is 35.1 Å². The third-order valence-electron chi connectivity index (χ3n) is 5.07. The molecule has 152 valence electrons. The molecule has 0 bridgehead atoms. The van der Waals surface area contributed by atoms with E-state index in [-0.39, 0.29) is 11.0 Å². The van der Waals surface area contributed by atoms with Gasteiger partial charge in [-0.2, -0.15) is 13.2 Å². The zero-order chi connectivity index (χ0) is 20.9. The van der Waals surface area contributed by atoms with Gasteiger partial charge in [-0.05, 0) is 43.9 Å². The van der Waals surface area contributed by atoms with Gasteiger partial charge in [0, 0.05) is 35.0 Å². The summed E-state index contributed by atoms with van der Waals surface area (Å²) in [5.74, 6) is 0.732. The second-order valence-electron chi connectivity index (χ2n) is 9.33. The number of rotatable bonds is 1. The van der Waals surface area contributed by atoms with Crippen molar-refractivity contribution >= 4 is 0 Å². The van der Waals surface area contributed by atoms with Crippen LogP contribution in [0, 0.1) is 0 Å². The fourth-order valence-corrected chi connectivity index (χ4v) is 3.17. The first kappa shape index (κ1) is 20.6. The maximum absolute atomic E-state index is 12.9. The zero-order valence-electron chi connectivity index (χ0n) is 17.2. The molecule has 1 aliphatic heterocycles. The molecule has 0 N–H and O–H groups in total. The Balaban J connectivity index is 2.11. The molecule has 0 spiro atoms. The van der Waals surface area contributed by atoms with E-state index in [1.807, 2.05) is 6.07 Å². The summed E-state index contributed by atoms with van der Waals surface area (Å²) in [5.41, 5.74) is 2.52. The standard InChI is InChI=1S/C22H27F3N2O/c1-20(2,3)16-9-15-12-27(21(4,5)6)13-28-19(15)17(10-16)14-7-8-18(26-11-14)22(23,24)25/h7-11H,12-13H2,1-6H3. The summed E-state index contributed by atoms with van der Waals surface area (Å²) < 4.78 is 44.7. The minimum absolute atomic E-state index is 0.0501. The number of hydrogen-bond donors (Lipinski definition) is 0. The Kier molecular flexibility index (Phi) is 4.99. The summed E-state index contributed by atoms with van der Waals surface area (Å²) in [7, 11) is 0. The Morgan fingerprint density at radius 2 is 1.68 bits per heavy atom. The average Bonchev–Trinajstić information content (AvgIpc) is 2.58. The Hall–Kier alpha value is -2.08. The summed E-state index contributed by atoms with van der Waals surface area (Å²) in [6, 6.07) is 6.65. The molecule has 28 heavy (non-hydrogen) atoms. The van der Waals surface area contributed by atoms with Crippen LogP contribution < -0.4 is 4.74 Å². The van der Waals surface area contributed by atoms with E-state index in [1.54, 1.807) is 0 Å². The quantitative estimate of drug-likeness (QED) is 0.594. The molecule has 1 aromatic heterocycles. The first-order valence-corrected chi connectivity index (χ1v) is 9.36. The number of benzene rings is 1. The molecule has 0 saturated heterocycles. The van der Waals surface area contributed by atoms with Crippen molar-refractivity contribution < 1.29 is 17.9 Å². The highest BCUT2D eigenvalue weighted by molar-refractivity contribution is 5.73. The van der Waals surface area contributed by atoms with E-state index in [4.69, 9.17) is 4.74 Å². The number of pyridine rings is 1. The van der Waals surface area contributed by atoms with Crippen molar-refractivity contribution in [1.82, 2.24) is 9.88 Å². The van der Waals surface area contributed by atoms with Crippen molar-refractivity contribution in [3.8, 4) is 16.9 Å². The van der Waals surface area contributed by atoms with Crippen molar-refractivity contribution in [2.45, 2.75) is 65.2 Å². The van der Waals surface area contributed by atoms with E-state index in [9.17, 15) is 13.2 Å². The van der Waals surface area contributed by atoms with Crippen LogP contribution in [0.25, 0.3) is 11.1 Å². The number of aromatic nitrogens is 1. The van der Waals surface area contributed by atoms with Crippen molar-refractivity contribution in [2.75, 3.05) is 6.73 Å². The molecule has 1 aliphatic rings. The summed E-state index contributed by atoms with van der Waals surface area (Å²) in [4.78, 5) is 5.86. The molecular weight excluding hydrogens is 365 g/mol. The van der Waals surface area contributed by atoms with Crippen LogP contribution in [-0.2, 0) is 18.1 Å². The lowest BCUT2D eigenvalue weighted by Crippen LogP contribution is -2.45. The van der Waals surface area contributed by atoms with Gasteiger partial charge in [0.15, 0.2) is 0 Å². The van der Waals surface area contributed by atoms with E-state index in [1.165, 1.54) is 12.3 Å². The molecule has 3 nitrogen and oxygen atoms in total. The molecule has 0 atom stereocenters. The normalized spacial score (nSPS) is 15.9. The second-order valence-corrected chi connectivity index (χ2v) is 9.33. The first-order valence-electron chi connectivity index (χ1n) is 9.36. The predicted octanol–water partition coefficient (Wildman–Crippen LogP) is 6.02. The fraction of sp³-hybridized carbons (Fsp3) is 0.500. The molecule has 0 saturated carbocycles. The highest BCUT2D eigenvalue weighted by Crippen LogP contribution is 2.41. The number of hydrogen-bond acceptors (Lipinski definition) is 3. The van der Waals surface area contributed by atoms with Crippen LogP contribution >= 0.6 is 0 Å². The molecule has 6 heteroatoms. The number of alkyl halides is 3. The third-order valence-corrected chi connectivity index (χ3v) is 5.07. The lowest BCUT2D eigenvalue weighted by Gasteiger charge is -2.40. The van der Waals surface area contributed by atoms with Gasteiger partial charge < -0.3 is 4.74 Å². The van der Waals surface area contributed by atoms with Crippen LogP contribution in [0.1, 0.15) is 58.4 Å². The van der Waals surface area contributed by atoms with E-state index >= 15 is 0 Å². The molecule has 1 aromatic carbocycles. The molecule has 3 rings (SSSR count). The smallest absolute Gasteiger partial charge is 0.433 e. The lowest BCUT2D eigenvalue weighted by molar-refractivity contribution is -0.141. The number of ether oxygens (including phenoxy) is 1. The second kappa shape index (κ2) is 6.76. The van der Waals surface area contributed by atoms with Gasteiger partial charge in [-0.3, -0.25) is 9.88 Å². The molecule has 2 aromatic rings. The first-order chi connectivity index (χ1) is 12.8.